The van der Waals surface area contributed by atoms with Crippen molar-refractivity contribution in [2.45, 2.75) is 26.1 Å². The van der Waals surface area contributed by atoms with E-state index in [1.54, 1.807) is 14.0 Å². The molecule has 0 spiro atoms. The number of hydrogen-bond acceptors (Lipinski definition) is 3. The maximum atomic E-state index is 13.9. The number of rotatable bonds is 5. The minimum absolute atomic E-state index is 0.124. The quantitative estimate of drug-likeness (QED) is 0.279. The van der Waals surface area contributed by atoms with Gasteiger partial charge in [-0.05, 0) is 26.0 Å². The summed E-state index contributed by atoms with van der Waals surface area (Å²) in [6.07, 6.45) is -3.37. The van der Waals surface area contributed by atoms with Crippen LogP contribution in [0.1, 0.15) is 31.0 Å². The Morgan fingerprint density at radius 1 is 1.32 bits per heavy atom. The molecular weight excluding hydrogens is 342 g/mol. The number of aliphatic imine (C=N–C) groups is 1. The van der Waals surface area contributed by atoms with Gasteiger partial charge in [0.25, 0.3) is 5.91 Å². The molecule has 1 aromatic rings. The zero-order chi connectivity index (χ0) is 19.2. The SMILES string of the molecule is CN/C(C)=N\C(=C/C=O)C(=O)N[C@H](C)c1ccc(C(F)(F)F)cc1F. The summed E-state index contributed by atoms with van der Waals surface area (Å²) >= 11 is 0. The number of nitrogens with one attached hydrogen (secondary N) is 2. The van der Waals surface area contributed by atoms with E-state index in [0.717, 1.165) is 18.2 Å². The van der Waals surface area contributed by atoms with Crippen LogP contribution < -0.4 is 10.6 Å². The first-order chi connectivity index (χ1) is 11.6. The molecule has 25 heavy (non-hydrogen) atoms. The van der Waals surface area contributed by atoms with Gasteiger partial charge in [0.1, 0.15) is 17.8 Å². The second kappa shape index (κ2) is 8.41. The van der Waals surface area contributed by atoms with E-state index in [9.17, 15) is 27.2 Å². The summed E-state index contributed by atoms with van der Waals surface area (Å²) in [4.78, 5) is 26.6. The second-order valence-corrected chi connectivity index (χ2v) is 5.06. The normalized spacial score (nSPS) is 14.0. The Hall–Kier alpha value is -2.71. The van der Waals surface area contributed by atoms with E-state index in [2.05, 4.69) is 15.6 Å². The molecule has 2 N–H and O–H groups in total. The van der Waals surface area contributed by atoms with Gasteiger partial charge < -0.3 is 10.6 Å². The van der Waals surface area contributed by atoms with Gasteiger partial charge >= 0.3 is 6.18 Å². The van der Waals surface area contributed by atoms with Crippen LogP contribution in [-0.2, 0) is 15.8 Å². The van der Waals surface area contributed by atoms with Crippen molar-refractivity contribution < 1.29 is 27.2 Å². The number of carbonyl (C=O) groups is 2. The summed E-state index contributed by atoms with van der Waals surface area (Å²) in [5.74, 6) is -1.51. The molecule has 1 rings (SSSR count). The average molecular weight is 359 g/mol. The summed E-state index contributed by atoms with van der Waals surface area (Å²) in [6, 6.07) is 1.11. The van der Waals surface area contributed by atoms with Gasteiger partial charge in [0.2, 0.25) is 0 Å². The van der Waals surface area contributed by atoms with E-state index in [4.69, 9.17) is 0 Å². The third-order valence-electron chi connectivity index (χ3n) is 3.25. The smallest absolute Gasteiger partial charge is 0.377 e. The Bertz CT molecular complexity index is 712. The molecule has 5 nitrogen and oxygen atoms in total. The minimum atomic E-state index is -4.66. The number of amidine groups is 1. The molecular formula is C16H17F4N3O2. The largest absolute Gasteiger partial charge is 0.416 e. The van der Waals surface area contributed by atoms with E-state index in [-0.39, 0.29) is 11.3 Å². The number of amides is 1. The number of halogens is 4. The first-order valence-electron chi connectivity index (χ1n) is 7.16. The van der Waals surface area contributed by atoms with Crippen molar-refractivity contribution >= 4 is 18.0 Å². The summed E-state index contributed by atoms with van der Waals surface area (Å²) in [5.41, 5.74) is -1.47. The number of alkyl halides is 3. The first kappa shape index (κ1) is 20.3. The van der Waals surface area contributed by atoms with Gasteiger partial charge in [-0.2, -0.15) is 13.2 Å². The van der Waals surface area contributed by atoms with Crippen LogP contribution in [0.25, 0.3) is 0 Å². The first-order valence-corrected chi connectivity index (χ1v) is 7.16. The van der Waals surface area contributed by atoms with Gasteiger partial charge in [0, 0.05) is 18.7 Å². The van der Waals surface area contributed by atoms with Crippen molar-refractivity contribution in [1.29, 1.82) is 0 Å². The number of carbonyl (C=O) groups excluding carboxylic acids is 2. The third-order valence-corrected chi connectivity index (χ3v) is 3.25. The standard InChI is InChI=1S/C16H17F4N3O2/c1-9(12-5-4-11(8-13(12)17)16(18,19)20)22-15(25)14(6-7-24)23-10(2)21-3/h4-9H,1-3H3,(H,21,23)(H,22,25)/b14-6-/t9-/m1/s1. The lowest BCUT2D eigenvalue weighted by atomic mass is 10.0. The molecule has 9 heteroatoms. The van der Waals surface area contributed by atoms with Gasteiger partial charge in [-0.15, -0.1) is 0 Å². The number of hydrogen-bond donors (Lipinski definition) is 2. The highest BCUT2D eigenvalue weighted by atomic mass is 19.4. The number of aldehydes is 1. The summed E-state index contributed by atoms with van der Waals surface area (Å²) in [5, 5.41) is 5.06. The van der Waals surface area contributed by atoms with Crippen molar-refractivity contribution in [3.05, 3.63) is 46.9 Å². The molecule has 1 aromatic carbocycles. The monoisotopic (exact) mass is 359 g/mol. The molecule has 0 aromatic heterocycles. The fourth-order valence-corrected chi connectivity index (χ4v) is 1.87. The van der Waals surface area contributed by atoms with E-state index in [1.165, 1.54) is 6.92 Å². The van der Waals surface area contributed by atoms with Crippen LogP contribution in [0.3, 0.4) is 0 Å². The molecule has 0 saturated heterocycles. The highest BCUT2D eigenvalue weighted by molar-refractivity contribution is 5.99. The van der Waals surface area contributed by atoms with Gasteiger partial charge in [-0.3, -0.25) is 9.59 Å². The molecule has 0 aliphatic rings. The van der Waals surface area contributed by atoms with E-state index in [0.29, 0.717) is 18.2 Å². The van der Waals surface area contributed by atoms with Gasteiger partial charge in [-0.25, -0.2) is 9.38 Å². The molecule has 0 saturated carbocycles. The van der Waals surface area contributed by atoms with Crippen molar-refractivity contribution in [2.24, 2.45) is 4.99 Å². The molecule has 0 radical (unpaired) electrons. The van der Waals surface area contributed by atoms with Crippen molar-refractivity contribution in [2.75, 3.05) is 7.05 Å². The van der Waals surface area contributed by atoms with Crippen LogP contribution in [0.4, 0.5) is 17.6 Å². The highest BCUT2D eigenvalue weighted by Crippen LogP contribution is 2.31. The predicted molar refractivity (Wildman–Crippen MR) is 84.3 cm³/mol. The Kier molecular flexibility index (Phi) is 6.84. The van der Waals surface area contributed by atoms with Gasteiger partial charge in [0.15, 0.2) is 0 Å². The topological polar surface area (TPSA) is 70.6 Å². The van der Waals surface area contributed by atoms with Gasteiger partial charge in [0.05, 0.1) is 17.4 Å². The van der Waals surface area contributed by atoms with Crippen LogP contribution in [0.15, 0.2) is 35.0 Å². The summed E-state index contributed by atoms with van der Waals surface area (Å²) in [7, 11) is 1.56. The highest BCUT2D eigenvalue weighted by Gasteiger charge is 2.31. The molecule has 0 heterocycles. The fraction of sp³-hybridized carbons (Fsp3) is 0.312. The summed E-state index contributed by atoms with van der Waals surface area (Å²) in [6.45, 7) is 2.96. The maximum absolute atomic E-state index is 13.9. The number of benzene rings is 1. The van der Waals surface area contributed by atoms with E-state index in [1.807, 2.05) is 0 Å². The third kappa shape index (κ3) is 5.70. The Balaban J connectivity index is 3.01. The lowest BCUT2D eigenvalue weighted by Crippen LogP contribution is -2.29. The minimum Gasteiger partial charge on any atom is -0.377 e. The average Bonchev–Trinajstić information content (AvgIpc) is 2.52. The predicted octanol–water partition coefficient (Wildman–Crippen LogP) is 2.74. The maximum Gasteiger partial charge on any atom is 0.416 e. The van der Waals surface area contributed by atoms with E-state index >= 15 is 0 Å². The molecule has 0 aliphatic heterocycles. The second-order valence-electron chi connectivity index (χ2n) is 5.06. The molecule has 136 valence electrons. The fourth-order valence-electron chi connectivity index (χ4n) is 1.87. The summed E-state index contributed by atoms with van der Waals surface area (Å²) < 4.78 is 51.6. The molecule has 0 unspecified atom stereocenters. The zero-order valence-electron chi connectivity index (χ0n) is 13.7. The molecule has 0 fully saturated rings. The Morgan fingerprint density at radius 3 is 2.44 bits per heavy atom. The van der Waals surface area contributed by atoms with Crippen LogP contribution in [-0.4, -0.2) is 25.1 Å². The number of nitrogens with zero attached hydrogens (tertiary/aromatic N) is 1. The van der Waals surface area contributed by atoms with Crippen molar-refractivity contribution in [3.8, 4) is 0 Å². The molecule has 1 atom stereocenters. The van der Waals surface area contributed by atoms with Crippen LogP contribution in [0.5, 0.6) is 0 Å². The number of allylic oxidation sites excluding steroid dienone is 1. The van der Waals surface area contributed by atoms with Crippen LogP contribution in [0.2, 0.25) is 0 Å². The molecule has 0 aliphatic carbocycles. The van der Waals surface area contributed by atoms with Gasteiger partial charge in [-0.1, -0.05) is 6.07 Å². The molecule has 1 amide bonds. The van der Waals surface area contributed by atoms with E-state index < -0.39 is 29.5 Å². The van der Waals surface area contributed by atoms with Crippen LogP contribution in [0, 0.1) is 5.82 Å². The van der Waals surface area contributed by atoms with Crippen LogP contribution >= 0.6 is 0 Å². The lowest BCUT2D eigenvalue weighted by molar-refractivity contribution is -0.137. The Labute approximate surface area is 141 Å². The zero-order valence-corrected chi connectivity index (χ0v) is 13.7. The van der Waals surface area contributed by atoms with Crippen molar-refractivity contribution in [3.63, 3.8) is 0 Å². The van der Waals surface area contributed by atoms with Crippen molar-refractivity contribution in [1.82, 2.24) is 10.6 Å². The molecule has 0 bridgehead atoms. The Morgan fingerprint density at radius 2 is 1.96 bits per heavy atom. The lowest BCUT2D eigenvalue weighted by Gasteiger charge is -2.16.